The molecule has 28 heavy (non-hydrogen) atoms. The number of likely N-dealkylation sites (tertiary alicyclic amines) is 2. The van der Waals surface area contributed by atoms with Gasteiger partial charge in [-0.3, -0.25) is 9.69 Å². The van der Waals surface area contributed by atoms with Crippen LogP contribution in [0.1, 0.15) is 48.0 Å². The Morgan fingerprint density at radius 2 is 2.14 bits per heavy atom. The number of hydrogen-bond acceptors (Lipinski definition) is 5. The number of aromatic nitrogens is 1. The van der Waals surface area contributed by atoms with Crippen molar-refractivity contribution in [2.24, 2.45) is 5.41 Å². The van der Waals surface area contributed by atoms with E-state index in [1.165, 1.54) is 18.4 Å². The lowest BCUT2D eigenvalue weighted by Crippen LogP contribution is -2.45. The third kappa shape index (κ3) is 3.92. The van der Waals surface area contributed by atoms with Crippen LogP contribution in [0, 0.1) is 5.41 Å². The average molecular weight is 383 g/mol. The number of amides is 1. The molecule has 2 fully saturated rings. The standard InChI is InChI=1S/C22H29N3O3/c1-3-18-13-20(28-23-18)21(26)25-11-9-22(16-25)8-5-10-24(15-22)14-17-6-4-7-19(12-17)27-2/h4,6-7,12-13H,3,5,8-11,14-16H2,1-2H3. The summed E-state index contributed by atoms with van der Waals surface area (Å²) in [5.41, 5.74) is 2.30. The van der Waals surface area contributed by atoms with Crippen LogP contribution in [-0.4, -0.2) is 54.2 Å². The van der Waals surface area contributed by atoms with Gasteiger partial charge < -0.3 is 14.2 Å². The zero-order valence-corrected chi connectivity index (χ0v) is 16.8. The number of rotatable bonds is 5. The summed E-state index contributed by atoms with van der Waals surface area (Å²) in [6, 6.07) is 10.1. The molecule has 3 heterocycles. The highest BCUT2D eigenvalue weighted by Gasteiger charge is 2.43. The van der Waals surface area contributed by atoms with E-state index >= 15 is 0 Å². The maximum Gasteiger partial charge on any atom is 0.292 e. The summed E-state index contributed by atoms with van der Waals surface area (Å²) in [7, 11) is 1.71. The minimum atomic E-state index is -0.0194. The van der Waals surface area contributed by atoms with E-state index in [0.717, 1.165) is 57.0 Å². The number of hydrogen-bond donors (Lipinski definition) is 0. The molecule has 1 unspecified atom stereocenters. The predicted octanol–water partition coefficient (Wildman–Crippen LogP) is 3.37. The molecular weight excluding hydrogens is 354 g/mol. The lowest BCUT2D eigenvalue weighted by atomic mass is 9.79. The number of benzene rings is 1. The third-order valence-corrected chi connectivity index (χ3v) is 6.14. The van der Waals surface area contributed by atoms with Gasteiger partial charge in [0.2, 0.25) is 5.76 Å². The van der Waals surface area contributed by atoms with Crippen molar-refractivity contribution in [1.29, 1.82) is 0 Å². The van der Waals surface area contributed by atoms with Gasteiger partial charge in [-0.1, -0.05) is 24.2 Å². The van der Waals surface area contributed by atoms with Crippen LogP contribution in [0.5, 0.6) is 5.75 Å². The zero-order valence-electron chi connectivity index (χ0n) is 16.8. The molecule has 1 aromatic heterocycles. The predicted molar refractivity (Wildman–Crippen MR) is 106 cm³/mol. The molecule has 0 radical (unpaired) electrons. The molecule has 2 aliphatic heterocycles. The quantitative estimate of drug-likeness (QED) is 0.792. The Morgan fingerprint density at radius 3 is 2.93 bits per heavy atom. The van der Waals surface area contributed by atoms with Crippen LogP contribution in [0.25, 0.3) is 0 Å². The Kier molecular flexibility index (Phi) is 5.40. The maximum atomic E-state index is 12.8. The Balaban J connectivity index is 1.40. The highest BCUT2D eigenvalue weighted by atomic mass is 16.5. The van der Waals surface area contributed by atoms with Gasteiger partial charge in [-0.2, -0.15) is 0 Å². The summed E-state index contributed by atoms with van der Waals surface area (Å²) < 4.78 is 10.6. The second-order valence-electron chi connectivity index (χ2n) is 8.18. The second kappa shape index (κ2) is 7.95. The summed E-state index contributed by atoms with van der Waals surface area (Å²) in [4.78, 5) is 17.3. The van der Waals surface area contributed by atoms with Crippen molar-refractivity contribution in [1.82, 2.24) is 15.0 Å². The third-order valence-electron chi connectivity index (χ3n) is 6.14. The Hall–Kier alpha value is -2.34. The molecular formula is C22H29N3O3. The van der Waals surface area contributed by atoms with Gasteiger partial charge in [0.05, 0.1) is 12.8 Å². The number of piperidine rings is 1. The molecule has 1 aromatic carbocycles. The number of carbonyl (C=O) groups is 1. The van der Waals surface area contributed by atoms with E-state index in [-0.39, 0.29) is 11.3 Å². The van der Waals surface area contributed by atoms with Crippen LogP contribution in [0.15, 0.2) is 34.9 Å². The summed E-state index contributed by atoms with van der Waals surface area (Å²) in [6.45, 7) is 6.68. The average Bonchev–Trinajstić information content (AvgIpc) is 3.35. The van der Waals surface area contributed by atoms with Crippen LogP contribution in [0.4, 0.5) is 0 Å². The first-order valence-electron chi connectivity index (χ1n) is 10.2. The fraction of sp³-hybridized carbons (Fsp3) is 0.545. The molecule has 1 spiro atoms. The monoisotopic (exact) mass is 383 g/mol. The smallest absolute Gasteiger partial charge is 0.292 e. The van der Waals surface area contributed by atoms with Crippen LogP contribution >= 0.6 is 0 Å². The molecule has 150 valence electrons. The van der Waals surface area contributed by atoms with Crippen LogP contribution in [-0.2, 0) is 13.0 Å². The first-order valence-corrected chi connectivity index (χ1v) is 10.2. The van der Waals surface area contributed by atoms with E-state index in [9.17, 15) is 4.79 Å². The molecule has 6 nitrogen and oxygen atoms in total. The van der Waals surface area contributed by atoms with Crippen molar-refractivity contribution in [3.63, 3.8) is 0 Å². The van der Waals surface area contributed by atoms with E-state index in [4.69, 9.17) is 9.26 Å². The molecule has 0 N–H and O–H groups in total. The molecule has 2 aliphatic rings. The minimum Gasteiger partial charge on any atom is -0.497 e. The number of methoxy groups -OCH3 is 1. The molecule has 1 atom stereocenters. The van der Waals surface area contributed by atoms with Crippen molar-refractivity contribution in [2.45, 2.75) is 39.2 Å². The number of aryl methyl sites for hydroxylation is 1. The van der Waals surface area contributed by atoms with Crippen molar-refractivity contribution < 1.29 is 14.1 Å². The Bertz CT molecular complexity index is 834. The molecule has 2 aromatic rings. The van der Waals surface area contributed by atoms with Crippen molar-refractivity contribution in [3.8, 4) is 5.75 Å². The fourth-order valence-electron chi connectivity index (χ4n) is 4.65. The molecule has 2 saturated heterocycles. The lowest BCUT2D eigenvalue weighted by molar-refractivity contribution is 0.0644. The largest absolute Gasteiger partial charge is 0.497 e. The first-order chi connectivity index (χ1) is 13.6. The Morgan fingerprint density at radius 1 is 1.25 bits per heavy atom. The Labute approximate surface area is 166 Å². The molecule has 4 rings (SSSR count). The van der Waals surface area contributed by atoms with Gasteiger partial charge >= 0.3 is 0 Å². The summed E-state index contributed by atoms with van der Waals surface area (Å²) in [5, 5.41) is 3.96. The fourth-order valence-corrected chi connectivity index (χ4v) is 4.65. The highest BCUT2D eigenvalue weighted by molar-refractivity contribution is 5.91. The van der Waals surface area contributed by atoms with Crippen LogP contribution in [0.2, 0.25) is 0 Å². The van der Waals surface area contributed by atoms with Gasteiger partial charge in [-0.25, -0.2) is 0 Å². The van der Waals surface area contributed by atoms with E-state index in [1.807, 2.05) is 24.0 Å². The van der Waals surface area contributed by atoms with E-state index in [2.05, 4.69) is 22.2 Å². The first kappa shape index (κ1) is 19.0. The van der Waals surface area contributed by atoms with Gasteiger partial charge in [-0.15, -0.1) is 0 Å². The van der Waals surface area contributed by atoms with E-state index < -0.39 is 0 Å². The molecule has 0 saturated carbocycles. The zero-order chi connectivity index (χ0) is 19.6. The minimum absolute atomic E-state index is 0.0194. The SMILES string of the molecule is CCc1cc(C(=O)N2CCC3(CCCN(Cc4cccc(OC)c4)C3)C2)on1. The van der Waals surface area contributed by atoms with Crippen LogP contribution in [0.3, 0.4) is 0 Å². The van der Waals surface area contributed by atoms with Crippen molar-refractivity contribution in [3.05, 3.63) is 47.3 Å². The molecule has 6 heteroatoms. The van der Waals surface area contributed by atoms with Gasteiger partial charge in [-0.05, 0) is 49.9 Å². The van der Waals surface area contributed by atoms with Crippen molar-refractivity contribution >= 4 is 5.91 Å². The number of nitrogens with zero attached hydrogens (tertiary/aromatic N) is 3. The topological polar surface area (TPSA) is 58.8 Å². The van der Waals surface area contributed by atoms with Gasteiger partial charge in [0.25, 0.3) is 5.91 Å². The van der Waals surface area contributed by atoms with E-state index in [0.29, 0.717) is 5.76 Å². The highest BCUT2D eigenvalue weighted by Crippen LogP contribution is 2.40. The normalized spacial score (nSPS) is 22.7. The summed E-state index contributed by atoms with van der Waals surface area (Å²) >= 11 is 0. The molecule has 0 bridgehead atoms. The summed E-state index contributed by atoms with van der Waals surface area (Å²) in [6.07, 6.45) is 4.19. The van der Waals surface area contributed by atoms with Crippen molar-refractivity contribution in [2.75, 3.05) is 33.3 Å². The summed E-state index contributed by atoms with van der Waals surface area (Å²) in [5.74, 6) is 1.26. The van der Waals surface area contributed by atoms with Gasteiger partial charge in [0.15, 0.2) is 0 Å². The van der Waals surface area contributed by atoms with Gasteiger partial charge in [0.1, 0.15) is 5.75 Å². The lowest BCUT2D eigenvalue weighted by Gasteiger charge is -2.40. The van der Waals surface area contributed by atoms with Gasteiger partial charge in [0, 0.05) is 37.7 Å². The number of ether oxygens (including phenoxy) is 1. The molecule has 1 amide bonds. The second-order valence-corrected chi connectivity index (χ2v) is 8.18. The maximum absolute atomic E-state index is 12.8. The van der Waals surface area contributed by atoms with E-state index in [1.54, 1.807) is 13.2 Å². The molecule has 0 aliphatic carbocycles. The van der Waals surface area contributed by atoms with Crippen LogP contribution < -0.4 is 4.74 Å². The number of carbonyl (C=O) groups excluding carboxylic acids is 1.